The molecule has 0 unspecified atom stereocenters. The lowest BCUT2D eigenvalue weighted by atomic mass is 10.1. The van der Waals surface area contributed by atoms with E-state index < -0.39 is 24.4 Å². The van der Waals surface area contributed by atoms with E-state index in [1.807, 2.05) is 30.3 Å². The molecule has 3 aromatic carbocycles. The summed E-state index contributed by atoms with van der Waals surface area (Å²) in [5.41, 5.74) is 2.04. The fourth-order valence-corrected chi connectivity index (χ4v) is 4.23. The van der Waals surface area contributed by atoms with Crippen LogP contribution in [0.3, 0.4) is 0 Å². The molecule has 1 aliphatic rings. The maximum Gasteiger partial charge on any atom is 0.329 e. The number of amides is 4. The first kappa shape index (κ1) is 25.8. The van der Waals surface area contributed by atoms with Gasteiger partial charge in [-0.3, -0.25) is 9.59 Å². The molecule has 9 nitrogen and oxygen atoms in total. The first-order valence-electron chi connectivity index (χ1n) is 11.2. The number of hydrogen-bond donors (Lipinski definition) is 2. The second kappa shape index (κ2) is 11.6. The number of hydrogen-bond acceptors (Lipinski definition) is 6. The normalized spacial score (nSPS) is 13.9. The largest absolute Gasteiger partial charge is 0.495 e. The van der Waals surface area contributed by atoms with Gasteiger partial charge >= 0.3 is 6.03 Å². The first-order valence-corrected chi connectivity index (χ1v) is 12.0. The molecule has 0 bridgehead atoms. The predicted molar refractivity (Wildman–Crippen MR) is 141 cm³/mol. The molecule has 10 heteroatoms. The van der Waals surface area contributed by atoms with E-state index in [0.717, 1.165) is 10.5 Å². The van der Waals surface area contributed by atoms with Gasteiger partial charge in [0.25, 0.3) is 5.91 Å². The average molecular weight is 566 g/mol. The van der Waals surface area contributed by atoms with Crippen LogP contribution >= 0.6 is 15.9 Å². The highest BCUT2D eigenvalue weighted by atomic mass is 79.9. The third-order valence-electron chi connectivity index (χ3n) is 5.43. The number of carbonyl (C=O) groups excluding carboxylic acids is 3. The second-order valence-corrected chi connectivity index (χ2v) is 8.79. The molecule has 4 amide bonds. The van der Waals surface area contributed by atoms with Gasteiger partial charge in [0.05, 0.1) is 24.4 Å². The third kappa shape index (κ3) is 6.10. The molecule has 190 valence electrons. The standard InChI is InChI=1S/C27H24BrN3O6/c1-35-22-11-7-6-10-20(22)29-24(32)15-31-26(33)21(30-27(31)34)13-18-12-19(28)25(23(14-18)36-2)37-16-17-8-4-3-5-9-17/h3-14H,15-16H2,1-2H3,(H,29,32)(H,30,34)/b21-13+. The van der Waals surface area contributed by atoms with Crippen molar-refractivity contribution in [3.05, 3.63) is 88.0 Å². The van der Waals surface area contributed by atoms with Crippen LogP contribution < -0.4 is 24.8 Å². The van der Waals surface area contributed by atoms with E-state index in [1.165, 1.54) is 20.3 Å². The summed E-state index contributed by atoms with van der Waals surface area (Å²) in [6.45, 7) is -0.115. The summed E-state index contributed by atoms with van der Waals surface area (Å²) >= 11 is 3.50. The number of ether oxygens (including phenoxy) is 3. The van der Waals surface area contributed by atoms with Crippen LogP contribution in [0.4, 0.5) is 10.5 Å². The molecule has 0 radical (unpaired) electrons. The van der Waals surface area contributed by atoms with Gasteiger partial charge in [-0.15, -0.1) is 0 Å². The molecule has 0 spiro atoms. The maximum atomic E-state index is 12.9. The minimum Gasteiger partial charge on any atom is -0.495 e. The average Bonchev–Trinajstić information content (AvgIpc) is 3.15. The van der Waals surface area contributed by atoms with Crippen LogP contribution in [0.15, 0.2) is 76.9 Å². The zero-order valence-corrected chi connectivity index (χ0v) is 21.7. The number of anilines is 1. The molecular weight excluding hydrogens is 542 g/mol. The highest BCUT2D eigenvalue weighted by Gasteiger charge is 2.35. The van der Waals surface area contributed by atoms with Gasteiger partial charge in [0.1, 0.15) is 24.6 Å². The second-order valence-electron chi connectivity index (χ2n) is 7.94. The molecule has 3 aromatic rings. The van der Waals surface area contributed by atoms with Crippen molar-refractivity contribution < 1.29 is 28.6 Å². The predicted octanol–water partition coefficient (Wildman–Crippen LogP) is 4.58. The molecule has 0 aromatic heterocycles. The van der Waals surface area contributed by atoms with Gasteiger partial charge in [-0.05, 0) is 57.4 Å². The number of nitrogens with one attached hydrogen (secondary N) is 2. The summed E-state index contributed by atoms with van der Waals surface area (Å²) in [6, 6.07) is 19.3. The Balaban J connectivity index is 1.47. The number of halogens is 1. The van der Waals surface area contributed by atoms with Crippen molar-refractivity contribution in [1.82, 2.24) is 10.2 Å². The van der Waals surface area contributed by atoms with E-state index >= 15 is 0 Å². The van der Waals surface area contributed by atoms with Crippen molar-refractivity contribution in [2.75, 3.05) is 26.1 Å². The molecule has 1 heterocycles. The Morgan fingerprint density at radius 3 is 2.43 bits per heavy atom. The number of rotatable bonds is 9. The first-order chi connectivity index (χ1) is 17.9. The van der Waals surface area contributed by atoms with Gasteiger partial charge in [0.15, 0.2) is 11.5 Å². The minimum absolute atomic E-state index is 0.0296. The van der Waals surface area contributed by atoms with Gasteiger partial charge in [-0.2, -0.15) is 0 Å². The molecule has 0 saturated carbocycles. The maximum absolute atomic E-state index is 12.9. The number of urea groups is 1. The number of para-hydroxylation sites is 2. The smallest absolute Gasteiger partial charge is 0.329 e. The molecule has 4 rings (SSSR count). The van der Waals surface area contributed by atoms with Gasteiger partial charge in [-0.1, -0.05) is 42.5 Å². The van der Waals surface area contributed by atoms with Gasteiger partial charge < -0.3 is 24.8 Å². The quantitative estimate of drug-likeness (QED) is 0.290. The van der Waals surface area contributed by atoms with Gasteiger partial charge in [0.2, 0.25) is 5.91 Å². The fraction of sp³-hybridized carbons (Fsp3) is 0.148. The van der Waals surface area contributed by atoms with Crippen molar-refractivity contribution in [3.8, 4) is 17.2 Å². The van der Waals surface area contributed by atoms with Gasteiger partial charge in [0, 0.05) is 0 Å². The Morgan fingerprint density at radius 2 is 1.70 bits per heavy atom. The van der Waals surface area contributed by atoms with E-state index in [1.54, 1.807) is 36.4 Å². The minimum atomic E-state index is -0.694. The SMILES string of the molecule is COc1ccccc1NC(=O)CN1C(=O)N/C(=C/c2cc(Br)c(OCc3ccccc3)c(OC)c2)C1=O. The molecule has 1 aliphatic heterocycles. The van der Waals surface area contributed by atoms with Crippen molar-refractivity contribution in [1.29, 1.82) is 0 Å². The summed E-state index contributed by atoms with van der Waals surface area (Å²) in [6.07, 6.45) is 1.51. The summed E-state index contributed by atoms with van der Waals surface area (Å²) < 4.78 is 17.3. The fourth-order valence-electron chi connectivity index (χ4n) is 3.66. The topological polar surface area (TPSA) is 106 Å². The Morgan fingerprint density at radius 1 is 1.00 bits per heavy atom. The van der Waals surface area contributed by atoms with E-state index in [-0.39, 0.29) is 5.70 Å². The van der Waals surface area contributed by atoms with Crippen LogP contribution in [0.1, 0.15) is 11.1 Å². The third-order valence-corrected chi connectivity index (χ3v) is 6.02. The number of nitrogens with zero attached hydrogens (tertiary/aromatic N) is 1. The number of benzene rings is 3. The van der Waals surface area contributed by atoms with Crippen molar-refractivity contribution in [2.45, 2.75) is 6.61 Å². The summed E-state index contributed by atoms with van der Waals surface area (Å²) in [5, 5.41) is 5.17. The lowest BCUT2D eigenvalue weighted by Gasteiger charge is -2.14. The van der Waals surface area contributed by atoms with E-state index in [4.69, 9.17) is 14.2 Å². The van der Waals surface area contributed by atoms with Crippen LogP contribution in [0.5, 0.6) is 17.2 Å². The van der Waals surface area contributed by atoms with Crippen LogP contribution in [0, 0.1) is 0 Å². The molecule has 37 heavy (non-hydrogen) atoms. The Kier molecular flexibility index (Phi) is 8.09. The van der Waals surface area contributed by atoms with E-state index in [2.05, 4.69) is 26.6 Å². The Labute approximate surface area is 222 Å². The van der Waals surface area contributed by atoms with Crippen LogP contribution in [-0.4, -0.2) is 43.5 Å². The van der Waals surface area contributed by atoms with Crippen molar-refractivity contribution in [2.24, 2.45) is 0 Å². The summed E-state index contributed by atoms with van der Waals surface area (Å²) in [4.78, 5) is 38.7. The molecule has 1 fully saturated rings. The number of carbonyl (C=O) groups is 3. The van der Waals surface area contributed by atoms with Crippen molar-refractivity contribution >= 4 is 45.5 Å². The lowest BCUT2D eigenvalue weighted by Crippen LogP contribution is -2.38. The molecule has 2 N–H and O–H groups in total. The van der Waals surface area contributed by atoms with Crippen LogP contribution in [0.2, 0.25) is 0 Å². The van der Waals surface area contributed by atoms with E-state index in [0.29, 0.717) is 39.6 Å². The number of methoxy groups -OCH3 is 2. The lowest BCUT2D eigenvalue weighted by molar-refractivity contribution is -0.127. The molecule has 1 saturated heterocycles. The summed E-state index contributed by atoms with van der Waals surface area (Å²) in [7, 11) is 2.99. The monoisotopic (exact) mass is 565 g/mol. The Hall–Kier alpha value is -4.31. The molecule has 0 aliphatic carbocycles. The molecular formula is C27H24BrN3O6. The number of imide groups is 1. The molecule has 0 atom stereocenters. The van der Waals surface area contributed by atoms with Crippen molar-refractivity contribution in [3.63, 3.8) is 0 Å². The highest BCUT2D eigenvalue weighted by Crippen LogP contribution is 2.38. The highest BCUT2D eigenvalue weighted by molar-refractivity contribution is 9.10. The Bertz CT molecular complexity index is 1360. The van der Waals surface area contributed by atoms with E-state index in [9.17, 15) is 14.4 Å². The zero-order valence-electron chi connectivity index (χ0n) is 20.1. The van der Waals surface area contributed by atoms with Crippen LogP contribution in [0.25, 0.3) is 6.08 Å². The summed E-state index contributed by atoms with van der Waals surface area (Å²) in [5.74, 6) is 0.245. The van der Waals surface area contributed by atoms with Gasteiger partial charge in [-0.25, -0.2) is 9.69 Å². The zero-order chi connectivity index (χ0) is 26.4. The van der Waals surface area contributed by atoms with Crippen LogP contribution in [-0.2, 0) is 16.2 Å².